The molecule has 3 N–H and O–H groups in total. The molecule has 1 spiro atoms. The minimum atomic E-state index is -2.66. The van der Waals surface area contributed by atoms with Gasteiger partial charge in [0.2, 0.25) is 0 Å². The predicted molar refractivity (Wildman–Crippen MR) is 169 cm³/mol. The average molecular weight is 735 g/mol. The Hall–Kier alpha value is -3.57. The second-order valence-electron chi connectivity index (χ2n) is 16.4. The second kappa shape index (κ2) is 10.8. The molecule has 52 heavy (non-hydrogen) atoms. The van der Waals surface area contributed by atoms with Gasteiger partial charge in [-0.2, -0.15) is 0 Å². The van der Waals surface area contributed by atoms with Crippen molar-refractivity contribution in [1.82, 2.24) is 0 Å². The molecule has 1 aromatic rings. The Balaban J connectivity index is 1.62. The molecule has 2 saturated heterocycles. The third-order valence-electron chi connectivity index (χ3n) is 13.9. The van der Waals surface area contributed by atoms with Crippen LogP contribution in [0, 0.1) is 28.1 Å². The van der Waals surface area contributed by atoms with Crippen LogP contribution in [0.3, 0.4) is 0 Å². The SMILES string of the molecule is COC(=O)C[C@H]1[C@]2(C)C[C@]3(O)[C@@](O)([C@H]4O[C@]5(C)C[C@@H]6[C@](C)([C@@H](OC(C)=O)c7ccoc7)[C@@H](OC(C)=O)[C@@H](OC(C)=O)[C@@](O)([C@@]64O5)[C@]13C)[C@H]2OC(C)=O. The molecule has 1 aromatic heterocycles. The number of furan rings is 1. The van der Waals surface area contributed by atoms with Crippen LogP contribution in [0.5, 0.6) is 0 Å². The van der Waals surface area contributed by atoms with E-state index in [0.29, 0.717) is 5.56 Å². The molecule has 0 aromatic carbocycles. The number of ether oxygens (including phenoxy) is 7. The molecular weight excluding hydrogens is 688 g/mol. The van der Waals surface area contributed by atoms with Crippen molar-refractivity contribution in [2.45, 2.75) is 133 Å². The zero-order valence-corrected chi connectivity index (χ0v) is 30.5. The summed E-state index contributed by atoms with van der Waals surface area (Å²) in [4.78, 5) is 65.4. The third kappa shape index (κ3) is 3.87. The number of rotatable bonds is 8. The van der Waals surface area contributed by atoms with E-state index < -0.39 is 123 Å². The Kier molecular flexibility index (Phi) is 7.62. The lowest BCUT2D eigenvalue weighted by Crippen LogP contribution is -2.96. The maximum Gasteiger partial charge on any atom is 0.305 e. The summed E-state index contributed by atoms with van der Waals surface area (Å²) in [6, 6.07) is 1.54. The monoisotopic (exact) mass is 734 g/mol. The number of esters is 5. The molecule has 16 heteroatoms. The van der Waals surface area contributed by atoms with Crippen LogP contribution >= 0.6 is 0 Å². The highest BCUT2D eigenvalue weighted by atomic mass is 16.8. The van der Waals surface area contributed by atoms with Gasteiger partial charge < -0.3 is 52.9 Å². The van der Waals surface area contributed by atoms with Crippen LogP contribution in [0.25, 0.3) is 0 Å². The predicted octanol–water partition coefficient (Wildman–Crippen LogP) is 1.41. The van der Waals surface area contributed by atoms with Crippen molar-refractivity contribution < 1.29 is 76.9 Å². The van der Waals surface area contributed by atoms with Gasteiger partial charge in [-0.05, 0) is 25.3 Å². The first-order valence-electron chi connectivity index (χ1n) is 17.3. The molecule has 0 radical (unpaired) electrons. The molecule has 0 unspecified atom stereocenters. The van der Waals surface area contributed by atoms with Crippen LogP contribution in [0.1, 0.15) is 86.3 Å². The lowest BCUT2D eigenvalue weighted by Gasteiger charge is -2.77. The van der Waals surface area contributed by atoms with E-state index in [9.17, 15) is 39.3 Å². The van der Waals surface area contributed by atoms with Gasteiger partial charge in [0, 0.05) is 62.8 Å². The molecule has 7 rings (SSSR count). The number of hydrogen-bond donors (Lipinski definition) is 3. The van der Waals surface area contributed by atoms with Crippen molar-refractivity contribution in [2.24, 2.45) is 28.1 Å². The van der Waals surface area contributed by atoms with Gasteiger partial charge in [0.25, 0.3) is 0 Å². The van der Waals surface area contributed by atoms with Crippen molar-refractivity contribution in [2.75, 3.05) is 7.11 Å². The second-order valence-corrected chi connectivity index (χ2v) is 16.4. The smallest absolute Gasteiger partial charge is 0.305 e. The first-order valence-corrected chi connectivity index (χ1v) is 17.3. The largest absolute Gasteiger partial charge is 0.472 e. The highest BCUT2D eigenvalue weighted by molar-refractivity contribution is 5.72. The molecule has 286 valence electrons. The van der Waals surface area contributed by atoms with Gasteiger partial charge in [0.05, 0.1) is 25.1 Å². The highest BCUT2D eigenvalue weighted by Crippen LogP contribution is 2.86. The van der Waals surface area contributed by atoms with Crippen LogP contribution in [-0.4, -0.2) is 105 Å². The fourth-order valence-corrected chi connectivity index (χ4v) is 12.5. The lowest BCUT2D eigenvalue weighted by atomic mass is 9.32. The van der Waals surface area contributed by atoms with Crippen LogP contribution < -0.4 is 0 Å². The summed E-state index contributed by atoms with van der Waals surface area (Å²) in [5.41, 5.74) is -14.7. The maximum absolute atomic E-state index is 14.1. The van der Waals surface area contributed by atoms with Crippen molar-refractivity contribution in [3.63, 3.8) is 0 Å². The average Bonchev–Trinajstić information content (AvgIpc) is 3.82. The van der Waals surface area contributed by atoms with E-state index in [1.807, 2.05) is 0 Å². The maximum atomic E-state index is 14.1. The van der Waals surface area contributed by atoms with Crippen LogP contribution in [0.4, 0.5) is 0 Å². The van der Waals surface area contributed by atoms with Gasteiger partial charge >= 0.3 is 29.8 Å². The van der Waals surface area contributed by atoms with Crippen LogP contribution in [-0.2, 0) is 57.1 Å². The zero-order chi connectivity index (χ0) is 38.4. The molecule has 0 amide bonds. The summed E-state index contributed by atoms with van der Waals surface area (Å²) in [6.07, 6.45) is -6.29. The van der Waals surface area contributed by atoms with Gasteiger partial charge in [-0.3, -0.25) is 24.0 Å². The zero-order valence-electron chi connectivity index (χ0n) is 30.5. The van der Waals surface area contributed by atoms with Crippen molar-refractivity contribution in [1.29, 1.82) is 0 Å². The summed E-state index contributed by atoms with van der Waals surface area (Å²) in [7, 11) is 1.17. The first kappa shape index (κ1) is 36.8. The summed E-state index contributed by atoms with van der Waals surface area (Å²) in [5, 5.41) is 40.8. The van der Waals surface area contributed by atoms with E-state index in [1.54, 1.807) is 26.8 Å². The standard InChI is InChI=1S/C36H46O16/c1-16(37)47-24(20-10-11-46-14-20)31(7)22-13-30(6)51-28-34(43)27(50-19(4)40)29(5)15-33(34,42)32(8,21(29)12-23(41)45-9)36(44,35(22,28)52-30)26(49-18(3)39)25(31)48-17(2)38/h10-11,14,21-22,24-28,42-44H,12-13,15H2,1-9H3/t21-,22+,24-,25-,26+,27-,28+,29-,30-,31+,32+,33+,34-,35+,36-/m0/s1. The van der Waals surface area contributed by atoms with Crippen molar-refractivity contribution in [3.8, 4) is 0 Å². The van der Waals surface area contributed by atoms with Crippen molar-refractivity contribution >= 4 is 29.8 Å². The van der Waals surface area contributed by atoms with Crippen LogP contribution in [0.2, 0.25) is 0 Å². The molecule has 4 saturated carbocycles. The van der Waals surface area contributed by atoms with Gasteiger partial charge in [-0.1, -0.05) is 20.8 Å². The fourth-order valence-electron chi connectivity index (χ4n) is 12.5. The molecule has 4 aliphatic carbocycles. The number of fused-ring (bicyclic) bond motifs is 4. The molecular formula is C36H46O16. The van der Waals surface area contributed by atoms with Gasteiger partial charge in [-0.25, -0.2) is 0 Å². The number of hydrogen-bond acceptors (Lipinski definition) is 16. The number of aliphatic hydroxyl groups is 3. The number of methoxy groups -OCH3 is 1. The minimum absolute atomic E-state index is 0.0652. The molecule has 6 fully saturated rings. The number of carbonyl (C=O) groups is 5. The normalized spacial score (nSPS) is 49.5. The van der Waals surface area contributed by atoms with E-state index in [1.165, 1.54) is 33.5 Å². The molecule has 6 aliphatic rings. The molecule has 3 heterocycles. The Morgan fingerprint density at radius 1 is 0.904 bits per heavy atom. The molecule has 16 nitrogen and oxygen atoms in total. The van der Waals surface area contributed by atoms with E-state index >= 15 is 0 Å². The third-order valence-corrected chi connectivity index (χ3v) is 13.9. The number of carbonyl (C=O) groups excluding carboxylic acids is 5. The Bertz CT molecular complexity index is 1740. The molecule has 2 aliphatic heterocycles. The Morgan fingerprint density at radius 2 is 1.52 bits per heavy atom. The van der Waals surface area contributed by atoms with Gasteiger partial charge in [0.15, 0.2) is 23.6 Å². The summed E-state index contributed by atoms with van der Waals surface area (Å²) >= 11 is 0. The summed E-state index contributed by atoms with van der Waals surface area (Å²) in [6.45, 7) is 10.8. The summed E-state index contributed by atoms with van der Waals surface area (Å²) < 4.78 is 48.1. The van der Waals surface area contributed by atoms with Gasteiger partial charge in [-0.15, -0.1) is 0 Å². The van der Waals surface area contributed by atoms with Crippen molar-refractivity contribution in [3.05, 3.63) is 24.2 Å². The Labute approximate surface area is 299 Å². The lowest BCUT2D eigenvalue weighted by molar-refractivity contribution is -0.440. The van der Waals surface area contributed by atoms with E-state index in [0.717, 1.165) is 20.8 Å². The van der Waals surface area contributed by atoms with E-state index in [-0.39, 0.29) is 12.8 Å². The Morgan fingerprint density at radius 3 is 2.06 bits per heavy atom. The van der Waals surface area contributed by atoms with Crippen LogP contribution in [0.15, 0.2) is 23.0 Å². The highest BCUT2D eigenvalue weighted by Gasteiger charge is 3.02. The molecule has 15 atom stereocenters. The van der Waals surface area contributed by atoms with E-state index in [2.05, 4.69) is 0 Å². The minimum Gasteiger partial charge on any atom is -0.472 e. The van der Waals surface area contributed by atoms with E-state index in [4.69, 9.17) is 37.6 Å². The molecule has 4 bridgehead atoms. The topological polar surface area (TPSA) is 224 Å². The first-order chi connectivity index (χ1) is 24.0. The fraction of sp³-hybridized carbons (Fsp3) is 0.750. The van der Waals surface area contributed by atoms with Gasteiger partial charge in [0.1, 0.15) is 35.1 Å². The summed E-state index contributed by atoms with van der Waals surface area (Å²) in [5.74, 6) is -7.97. The quantitative estimate of drug-likeness (QED) is 0.254.